The molecule has 6 heteroatoms. The van der Waals surface area contributed by atoms with Crippen molar-refractivity contribution in [3.05, 3.63) is 176 Å². The van der Waals surface area contributed by atoms with Gasteiger partial charge in [-0.15, -0.1) is 11.3 Å². The number of hydrogen-bond acceptors (Lipinski definition) is 4. The van der Waals surface area contributed by atoms with Crippen molar-refractivity contribution in [1.29, 1.82) is 0 Å². The van der Waals surface area contributed by atoms with Gasteiger partial charge in [0.05, 0.1) is 21.6 Å². The van der Waals surface area contributed by atoms with Crippen molar-refractivity contribution in [2.24, 2.45) is 0 Å². The van der Waals surface area contributed by atoms with Gasteiger partial charge < -0.3 is 19.4 Å². The lowest BCUT2D eigenvalue weighted by Gasteiger charge is -2.27. The molecule has 4 nitrogen and oxygen atoms in total. The zero-order valence-corrected chi connectivity index (χ0v) is 31.8. The molecule has 2 aliphatic heterocycles. The quantitative estimate of drug-likeness (QED) is 0.182. The number of benzene rings is 9. The molecule has 0 aliphatic carbocycles. The first kappa shape index (κ1) is 31.9. The largest absolute Gasteiger partial charge is 0.449 e. The average molecular weight is 758 g/mol. The van der Waals surface area contributed by atoms with Crippen LogP contribution in [0.5, 0.6) is 23.0 Å². The Morgan fingerprint density at radius 1 is 0.500 bits per heavy atom. The molecule has 0 saturated carbocycles. The standard InChI is InChI=1S/C52H30BN2O2S/c1-2-12-30(13-3-1)32-26-38(50-43(27-32)55-42-25-24-31-14-4-5-15-33(31)49(42)36-18-10-19-39(53-50)51(36)55)37-28-46-47(57-45-22-8-7-21-44(45)56-46)29-41(37)54-40-20-11-17-35-34-16-6-9-23-48(34)58-52(35)40/h1-29,54H. The fraction of sp³-hybridized carbons (Fsp3) is 0. The second-order valence-electron chi connectivity index (χ2n) is 15.1. The van der Waals surface area contributed by atoms with Gasteiger partial charge in [0.25, 0.3) is 0 Å². The maximum Gasteiger partial charge on any atom is 0.197 e. The highest BCUT2D eigenvalue weighted by Gasteiger charge is 2.29. The van der Waals surface area contributed by atoms with Crippen LogP contribution in [0.2, 0.25) is 0 Å². The Balaban J connectivity index is 1.11. The van der Waals surface area contributed by atoms with E-state index in [0.717, 1.165) is 44.8 Å². The van der Waals surface area contributed by atoms with Gasteiger partial charge >= 0.3 is 0 Å². The van der Waals surface area contributed by atoms with E-state index >= 15 is 0 Å². The number of ether oxygens (including phenoxy) is 2. The monoisotopic (exact) mass is 757 g/mol. The van der Waals surface area contributed by atoms with E-state index in [1.54, 1.807) is 0 Å². The summed E-state index contributed by atoms with van der Waals surface area (Å²) in [5.41, 5.74) is 12.3. The fourth-order valence-electron chi connectivity index (χ4n) is 9.27. The maximum atomic E-state index is 6.64. The topological polar surface area (TPSA) is 35.4 Å². The molecule has 0 bridgehead atoms. The first-order valence-electron chi connectivity index (χ1n) is 19.6. The van der Waals surface area contributed by atoms with Gasteiger partial charge in [0, 0.05) is 49.1 Å². The van der Waals surface area contributed by atoms with Crippen LogP contribution in [-0.4, -0.2) is 11.8 Å². The molecule has 4 heterocycles. The van der Waals surface area contributed by atoms with Crippen LogP contribution >= 0.6 is 11.3 Å². The molecule has 9 aromatic carbocycles. The number of hydrogen-bond donors (Lipinski definition) is 1. The minimum absolute atomic E-state index is 0.667. The Morgan fingerprint density at radius 2 is 1.22 bits per heavy atom. The number of anilines is 2. The normalized spacial score (nSPS) is 12.6. The molecule has 2 aliphatic rings. The number of nitrogens with zero attached hydrogens (tertiary/aromatic N) is 1. The number of para-hydroxylation sites is 3. The molecule has 58 heavy (non-hydrogen) atoms. The Bertz CT molecular complexity index is 3530. The van der Waals surface area contributed by atoms with Crippen molar-refractivity contribution < 1.29 is 9.47 Å². The summed E-state index contributed by atoms with van der Waals surface area (Å²) in [6.07, 6.45) is 0. The number of thiophene rings is 1. The predicted octanol–water partition coefficient (Wildman–Crippen LogP) is 13.2. The van der Waals surface area contributed by atoms with Gasteiger partial charge in [-0.25, -0.2) is 0 Å². The SMILES string of the molecule is [B]1c2c(-c3cc4c(cc3Nc3cccc5c3sc3ccccc35)Oc3ccccc3O4)cc(-c3ccccc3)cc2-n2c3ccc4ccccc4c3c3cccc1c32. The van der Waals surface area contributed by atoms with Crippen LogP contribution < -0.4 is 25.7 Å². The predicted molar refractivity (Wildman–Crippen MR) is 243 cm³/mol. The molecular formula is C52H30BN2O2S. The van der Waals surface area contributed by atoms with Crippen LogP contribution in [0.15, 0.2) is 176 Å². The van der Waals surface area contributed by atoms with E-state index in [0.29, 0.717) is 23.0 Å². The number of nitrogens with one attached hydrogen (secondary N) is 1. The summed E-state index contributed by atoms with van der Waals surface area (Å²) in [7, 11) is 2.38. The molecule has 1 radical (unpaired) electrons. The van der Waals surface area contributed by atoms with Gasteiger partial charge in [0.1, 0.15) is 0 Å². The summed E-state index contributed by atoms with van der Waals surface area (Å²) < 4.78 is 18.2. The minimum atomic E-state index is 0.667. The molecule has 0 fully saturated rings. The number of rotatable bonds is 4. The molecule has 2 aromatic heterocycles. The third kappa shape index (κ3) is 4.64. The molecule has 0 atom stereocenters. The highest BCUT2D eigenvalue weighted by Crippen LogP contribution is 2.51. The number of aromatic nitrogens is 1. The summed E-state index contributed by atoms with van der Waals surface area (Å²) in [5.74, 6) is 2.74. The summed E-state index contributed by atoms with van der Waals surface area (Å²) in [6.45, 7) is 0. The molecular weight excluding hydrogens is 727 g/mol. The smallest absolute Gasteiger partial charge is 0.197 e. The van der Waals surface area contributed by atoms with Crippen LogP contribution in [0.4, 0.5) is 11.4 Å². The molecule has 269 valence electrons. The third-order valence-corrected chi connectivity index (χ3v) is 13.1. The molecule has 0 spiro atoms. The fourth-order valence-corrected chi connectivity index (χ4v) is 10.4. The first-order valence-corrected chi connectivity index (χ1v) is 20.4. The van der Waals surface area contributed by atoms with Crippen molar-refractivity contribution >= 4 is 93.7 Å². The molecule has 0 amide bonds. The lowest BCUT2D eigenvalue weighted by molar-refractivity contribution is 0.360. The highest BCUT2D eigenvalue weighted by molar-refractivity contribution is 7.26. The first-order chi connectivity index (χ1) is 28.7. The molecule has 13 rings (SSSR count). The molecule has 0 unspecified atom stereocenters. The van der Waals surface area contributed by atoms with Gasteiger partial charge in [-0.3, -0.25) is 0 Å². The lowest BCUT2D eigenvalue weighted by atomic mass is 9.58. The van der Waals surface area contributed by atoms with E-state index in [2.05, 4.69) is 169 Å². The van der Waals surface area contributed by atoms with Crippen LogP contribution in [-0.2, 0) is 0 Å². The van der Waals surface area contributed by atoms with Crippen LogP contribution in [0.25, 0.3) is 80.7 Å². The van der Waals surface area contributed by atoms with Crippen molar-refractivity contribution in [2.45, 2.75) is 0 Å². The van der Waals surface area contributed by atoms with Gasteiger partial charge in [0.15, 0.2) is 30.3 Å². The van der Waals surface area contributed by atoms with Gasteiger partial charge in [0.2, 0.25) is 0 Å². The Hall–Kier alpha value is -7.28. The average Bonchev–Trinajstić information content (AvgIpc) is 3.84. The minimum Gasteiger partial charge on any atom is -0.449 e. The van der Waals surface area contributed by atoms with Crippen LogP contribution in [0.1, 0.15) is 0 Å². The van der Waals surface area contributed by atoms with E-state index < -0.39 is 0 Å². The van der Waals surface area contributed by atoms with Crippen molar-refractivity contribution in [3.63, 3.8) is 0 Å². The summed E-state index contributed by atoms with van der Waals surface area (Å²) in [4.78, 5) is 0. The zero-order chi connectivity index (χ0) is 37.9. The lowest BCUT2D eigenvalue weighted by Crippen LogP contribution is -2.37. The van der Waals surface area contributed by atoms with E-state index in [1.807, 2.05) is 35.6 Å². The van der Waals surface area contributed by atoms with Gasteiger partial charge in [-0.2, -0.15) is 0 Å². The van der Waals surface area contributed by atoms with Gasteiger partial charge in [-0.05, 0) is 81.5 Å². The highest BCUT2D eigenvalue weighted by atomic mass is 32.1. The van der Waals surface area contributed by atoms with E-state index in [-0.39, 0.29) is 0 Å². The zero-order valence-electron chi connectivity index (χ0n) is 31.0. The molecule has 1 N–H and O–H groups in total. The summed E-state index contributed by atoms with van der Waals surface area (Å²) in [6, 6.07) is 62.8. The van der Waals surface area contributed by atoms with E-state index in [1.165, 1.54) is 58.2 Å². The van der Waals surface area contributed by atoms with Crippen LogP contribution in [0, 0.1) is 0 Å². The van der Waals surface area contributed by atoms with Crippen molar-refractivity contribution in [3.8, 4) is 50.9 Å². The summed E-state index contributed by atoms with van der Waals surface area (Å²) >= 11 is 1.82. The summed E-state index contributed by atoms with van der Waals surface area (Å²) in [5, 5.41) is 11.5. The van der Waals surface area contributed by atoms with Crippen molar-refractivity contribution in [2.75, 3.05) is 5.32 Å². The van der Waals surface area contributed by atoms with Crippen molar-refractivity contribution in [1.82, 2.24) is 4.57 Å². The maximum absolute atomic E-state index is 6.64. The Kier molecular flexibility index (Phi) is 6.66. The second kappa shape index (κ2) is 12.1. The third-order valence-electron chi connectivity index (χ3n) is 11.9. The van der Waals surface area contributed by atoms with Gasteiger partial charge in [-0.1, -0.05) is 127 Å². The Labute approximate surface area is 338 Å². The van der Waals surface area contributed by atoms with Crippen LogP contribution in [0.3, 0.4) is 0 Å². The van der Waals surface area contributed by atoms with E-state index in [9.17, 15) is 0 Å². The Morgan fingerprint density at radius 3 is 2.10 bits per heavy atom. The molecule has 0 saturated heterocycles. The molecule has 11 aromatic rings. The number of fused-ring (bicyclic) bond motifs is 12. The second-order valence-corrected chi connectivity index (χ2v) is 16.2. The van der Waals surface area contributed by atoms with E-state index in [4.69, 9.17) is 9.47 Å².